The van der Waals surface area contributed by atoms with Crippen molar-refractivity contribution in [1.82, 2.24) is 4.98 Å². The molecule has 1 aromatic heterocycles. The van der Waals surface area contributed by atoms with Gasteiger partial charge in [-0.2, -0.15) is 0 Å². The fourth-order valence-corrected chi connectivity index (χ4v) is 2.46. The maximum atomic E-state index is 5.85. The van der Waals surface area contributed by atoms with Crippen LogP contribution in [0.5, 0.6) is 0 Å². The van der Waals surface area contributed by atoms with Gasteiger partial charge in [0.1, 0.15) is 5.82 Å². The Morgan fingerprint density at radius 3 is 2.67 bits per heavy atom. The molecule has 0 spiro atoms. The van der Waals surface area contributed by atoms with Crippen LogP contribution in [0.3, 0.4) is 0 Å². The van der Waals surface area contributed by atoms with E-state index in [4.69, 9.17) is 11.6 Å². The molecule has 0 aliphatic carbocycles. The van der Waals surface area contributed by atoms with Crippen LogP contribution in [0.15, 0.2) is 47.4 Å². The van der Waals surface area contributed by atoms with Gasteiger partial charge in [0.25, 0.3) is 0 Å². The van der Waals surface area contributed by atoms with E-state index in [0.717, 1.165) is 28.8 Å². The summed E-state index contributed by atoms with van der Waals surface area (Å²) in [5, 5.41) is 3.99. The third kappa shape index (κ3) is 3.93. The van der Waals surface area contributed by atoms with E-state index in [1.165, 1.54) is 4.90 Å². The number of nitrogens with zero attached hydrogens (tertiary/aromatic N) is 1. The number of thioether (sulfide) groups is 1. The highest BCUT2D eigenvalue weighted by atomic mass is 35.5. The van der Waals surface area contributed by atoms with E-state index in [1.54, 1.807) is 11.8 Å². The van der Waals surface area contributed by atoms with Gasteiger partial charge in [-0.3, -0.25) is 0 Å². The highest BCUT2D eigenvalue weighted by molar-refractivity contribution is 7.98. The molecule has 0 atom stereocenters. The Balaban J connectivity index is 1.97. The van der Waals surface area contributed by atoms with Gasteiger partial charge < -0.3 is 5.32 Å². The van der Waals surface area contributed by atoms with Crippen molar-refractivity contribution in [1.29, 1.82) is 0 Å². The second kappa shape index (κ2) is 6.66. The first-order chi connectivity index (χ1) is 8.78. The average molecular weight is 279 g/mol. The van der Waals surface area contributed by atoms with Gasteiger partial charge in [0, 0.05) is 22.2 Å². The Morgan fingerprint density at radius 1 is 1.17 bits per heavy atom. The molecule has 0 amide bonds. The van der Waals surface area contributed by atoms with E-state index in [-0.39, 0.29) is 0 Å². The lowest BCUT2D eigenvalue weighted by Gasteiger charge is -2.05. The third-order valence-corrected chi connectivity index (χ3v) is 3.66. The molecule has 0 radical (unpaired) electrons. The van der Waals surface area contributed by atoms with Crippen LogP contribution in [-0.4, -0.2) is 11.5 Å². The van der Waals surface area contributed by atoms with Gasteiger partial charge in [-0.1, -0.05) is 17.7 Å². The molecule has 0 saturated heterocycles. The zero-order valence-electron chi connectivity index (χ0n) is 10.2. The summed E-state index contributed by atoms with van der Waals surface area (Å²) in [6, 6.07) is 13.9. The van der Waals surface area contributed by atoms with E-state index in [2.05, 4.69) is 17.2 Å². The van der Waals surface area contributed by atoms with Crippen molar-refractivity contribution in [3.8, 4) is 0 Å². The molecule has 0 fully saturated rings. The number of rotatable bonds is 5. The summed E-state index contributed by atoms with van der Waals surface area (Å²) in [7, 11) is 0. The smallest absolute Gasteiger partial charge is 0.126 e. The zero-order valence-corrected chi connectivity index (χ0v) is 11.8. The summed E-state index contributed by atoms with van der Waals surface area (Å²) in [5.74, 6) is 1.80. The highest BCUT2D eigenvalue weighted by Crippen LogP contribution is 2.23. The Morgan fingerprint density at radius 2 is 1.94 bits per heavy atom. The molecule has 18 heavy (non-hydrogen) atoms. The fourth-order valence-electron chi connectivity index (χ4n) is 1.53. The molecule has 0 bridgehead atoms. The van der Waals surface area contributed by atoms with Crippen molar-refractivity contribution in [3.05, 3.63) is 53.2 Å². The minimum atomic E-state index is 0.770. The second-order valence-electron chi connectivity index (χ2n) is 3.79. The van der Waals surface area contributed by atoms with Gasteiger partial charge in [-0.05, 0) is 43.3 Å². The van der Waals surface area contributed by atoms with E-state index >= 15 is 0 Å². The van der Waals surface area contributed by atoms with Crippen LogP contribution in [-0.2, 0) is 5.75 Å². The lowest BCUT2D eigenvalue weighted by Crippen LogP contribution is -2.00. The number of hydrogen-bond donors (Lipinski definition) is 1. The topological polar surface area (TPSA) is 24.9 Å². The monoisotopic (exact) mass is 278 g/mol. The first-order valence-electron chi connectivity index (χ1n) is 5.86. The second-order valence-corrected chi connectivity index (χ2v) is 5.27. The van der Waals surface area contributed by atoms with Crippen LogP contribution in [0.2, 0.25) is 5.02 Å². The van der Waals surface area contributed by atoms with Gasteiger partial charge in [-0.15, -0.1) is 11.8 Å². The summed E-state index contributed by atoms with van der Waals surface area (Å²) in [4.78, 5) is 5.74. The number of hydrogen-bond acceptors (Lipinski definition) is 3. The number of pyridine rings is 1. The molecule has 2 nitrogen and oxygen atoms in total. The van der Waals surface area contributed by atoms with Crippen molar-refractivity contribution >= 4 is 29.2 Å². The van der Waals surface area contributed by atoms with Crippen LogP contribution >= 0.6 is 23.4 Å². The Kier molecular flexibility index (Phi) is 4.90. The third-order valence-electron chi connectivity index (χ3n) is 2.37. The molecule has 4 heteroatoms. The largest absolute Gasteiger partial charge is 0.370 e. The molecule has 0 saturated carbocycles. The van der Waals surface area contributed by atoms with E-state index in [0.29, 0.717) is 0 Å². The Hall–Kier alpha value is -1.19. The number of anilines is 1. The van der Waals surface area contributed by atoms with Crippen molar-refractivity contribution in [3.63, 3.8) is 0 Å². The van der Waals surface area contributed by atoms with E-state index in [9.17, 15) is 0 Å². The molecule has 0 aliphatic rings. The Bertz CT molecular complexity index is 499. The van der Waals surface area contributed by atoms with Gasteiger partial charge in [0.2, 0.25) is 0 Å². The number of nitrogens with one attached hydrogen (secondary N) is 1. The number of aromatic nitrogens is 1. The fraction of sp³-hybridized carbons (Fsp3) is 0.214. The highest BCUT2D eigenvalue weighted by Gasteiger charge is 1.99. The first-order valence-corrected chi connectivity index (χ1v) is 7.22. The molecule has 2 rings (SSSR count). The van der Waals surface area contributed by atoms with Crippen molar-refractivity contribution in [2.75, 3.05) is 11.9 Å². The molecule has 0 aliphatic heterocycles. The van der Waals surface area contributed by atoms with E-state index < -0.39 is 0 Å². The molecule has 2 aromatic rings. The van der Waals surface area contributed by atoms with Crippen molar-refractivity contribution in [2.45, 2.75) is 17.6 Å². The molecule has 1 aromatic carbocycles. The summed E-state index contributed by atoms with van der Waals surface area (Å²) < 4.78 is 0. The van der Waals surface area contributed by atoms with Gasteiger partial charge in [-0.25, -0.2) is 4.98 Å². The van der Waals surface area contributed by atoms with Gasteiger partial charge in [0.05, 0.1) is 5.69 Å². The summed E-state index contributed by atoms with van der Waals surface area (Å²) in [5.41, 5.74) is 1.08. The minimum absolute atomic E-state index is 0.770. The van der Waals surface area contributed by atoms with Crippen LogP contribution in [0.4, 0.5) is 5.82 Å². The maximum Gasteiger partial charge on any atom is 0.126 e. The van der Waals surface area contributed by atoms with Gasteiger partial charge >= 0.3 is 0 Å². The maximum absolute atomic E-state index is 5.85. The quantitative estimate of drug-likeness (QED) is 0.818. The summed E-state index contributed by atoms with van der Waals surface area (Å²) in [6.07, 6.45) is 0. The lowest BCUT2D eigenvalue weighted by molar-refractivity contribution is 1.11. The van der Waals surface area contributed by atoms with Crippen LogP contribution in [0.1, 0.15) is 12.6 Å². The summed E-state index contributed by atoms with van der Waals surface area (Å²) in [6.45, 7) is 2.96. The van der Waals surface area contributed by atoms with Crippen molar-refractivity contribution < 1.29 is 0 Å². The molecule has 1 heterocycles. The SMILES string of the molecule is CCNc1cccc(CSc2ccc(Cl)cc2)n1. The standard InChI is InChI=1S/C14H15ClN2S/c1-2-16-14-5-3-4-12(17-14)10-18-13-8-6-11(15)7-9-13/h3-9H,2,10H2,1H3,(H,16,17). The molecule has 94 valence electrons. The van der Waals surface area contributed by atoms with E-state index in [1.807, 2.05) is 42.5 Å². The number of benzene rings is 1. The zero-order chi connectivity index (χ0) is 12.8. The summed E-state index contributed by atoms with van der Waals surface area (Å²) >= 11 is 7.61. The first kappa shape index (κ1) is 13.2. The molecule has 0 unspecified atom stereocenters. The predicted octanol–water partition coefficient (Wildman–Crippen LogP) is 4.46. The molecular formula is C14H15ClN2S. The van der Waals surface area contributed by atoms with Crippen molar-refractivity contribution in [2.24, 2.45) is 0 Å². The van der Waals surface area contributed by atoms with Gasteiger partial charge in [0.15, 0.2) is 0 Å². The van der Waals surface area contributed by atoms with Crippen LogP contribution in [0.25, 0.3) is 0 Å². The molecule has 1 N–H and O–H groups in total. The van der Waals surface area contributed by atoms with Crippen LogP contribution in [0, 0.1) is 0 Å². The van der Waals surface area contributed by atoms with Crippen LogP contribution < -0.4 is 5.32 Å². The predicted molar refractivity (Wildman–Crippen MR) is 79.4 cm³/mol. The average Bonchev–Trinajstić information content (AvgIpc) is 2.39. The lowest BCUT2D eigenvalue weighted by atomic mass is 10.4. The normalized spacial score (nSPS) is 10.3. The Labute approximate surface area is 117 Å². The minimum Gasteiger partial charge on any atom is -0.370 e. The molecular weight excluding hydrogens is 264 g/mol. The number of halogens is 1.